The Morgan fingerprint density at radius 3 is 1.75 bits per heavy atom. The molecule has 0 spiro atoms. The standard InChI is InChI=1S/C9H10N2.B/c1-3-8(10-5-1)7-9-4-2-6-11-9;/h1-6,10-11H,7H2;. The molecule has 0 aliphatic carbocycles. The van der Waals surface area contributed by atoms with E-state index in [4.69, 9.17) is 0 Å². The number of rotatable bonds is 2. The van der Waals surface area contributed by atoms with Crippen molar-refractivity contribution in [2.75, 3.05) is 0 Å². The molecule has 12 heavy (non-hydrogen) atoms. The number of aromatic nitrogens is 2. The first kappa shape index (κ1) is 8.72. The van der Waals surface area contributed by atoms with Crippen molar-refractivity contribution in [3.05, 3.63) is 48.0 Å². The molecule has 0 aromatic carbocycles. The van der Waals surface area contributed by atoms with Gasteiger partial charge in [-0.3, -0.25) is 0 Å². The van der Waals surface area contributed by atoms with Gasteiger partial charge in [0.15, 0.2) is 0 Å². The van der Waals surface area contributed by atoms with Crippen molar-refractivity contribution >= 4 is 8.41 Å². The van der Waals surface area contributed by atoms with Gasteiger partial charge in [-0.05, 0) is 24.3 Å². The Kier molecular flexibility index (Phi) is 2.80. The van der Waals surface area contributed by atoms with Crippen LogP contribution in [0.5, 0.6) is 0 Å². The summed E-state index contributed by atoms with van der Waals surface area (Å²) >= 11 is 0. The first-order valence-electron chi connectivity index (χ1n) is 3.70. The Bertz CT molecular complexity index is 265. The molecule has 0 aliphatic rings. The summed E-state index contributed by atoms with van der Waals surface area (Å²) in [6.45, 7) is 0. The van der Waals surface area contributed by atoms with E-state index in [9.17, 15) is 0 Å². The fourth-order valence-corrected chi connectivity index (χ4v) is 1.16. The number of H-pyrrole nitrogens is 2. The Balaban J connectivity index is 0.000000720. The van der Waals surface area contributed by atoms with Crippen molar-refractivity contribution in [1.82, 2.24) is 9.97 Å². The average Bonchev–Trinajstić information content (AvgIpc) is 2.60. The van der Waals surface area contributed by atoms with Crippen molar-refractivity contribution in [3.8, 4) is 0 Å². The predicted octanol–water partition coefficient (Wildman–Crippen LogP) is 1.55. The van der Waals surface area contributed by atoms with Crippen LogP contribution in [0.15, 0.2) is 36.7 Å². The second kappa shape index (κ2) is 3.86. The lowest BCUT2D eigenvalue weighted by Gasteiger charge is -1.92. The van der Waals surface area contributed by atoms with Gasteiger partial charge in [0.05, 0.1) is 0 Å². The van der Waals surface area contributed by atoms with E-state index in [1.54, 1.807) is 0 Å². The highest BCUT2D eigenvalue weighted by atomic mass is 14.7. The Labute approximate surface area is 73.6 Å². The molecule has 2 N–H and O–H groups in total. The van der Waals surface area contributed by atoms with Gasteiger partial charge in [0.25, 0.3) is 0 Å². The molecule has 2 rings (SSSR count). The van der Waals surface area contributed by atoms with E-state index in [1.165, 1.54) is 11.4 Å². The van der Waals surface area contributed by atoms with Crippen LogP contribution in [0, 0.1) is 0 Å². The Morgan fingerprint density at radius 2 is 1.42 bits per heavy atom. The van der Waals surface area contributed by atoms with Crippen LogP contribution in [-0.2, 0) is 6.42 Å². The van der Waals surface area contributed by atoms with Crippen molar-refractivity contribution in [2.24, 2.45) is 0 Å². The van der Waals surface area contributed by atoms with Gasteiger partial charge in [-0.2, -0.15) is 0 Å². The molecule has 0 unspecified atom stereocenters. The summed E-state index contributed by atoms with van der Waals surface area (Å²) in [5, 5.41) is 0. The van der Waals surface area contributed by atoms with E-state index in [1.807, 2.05) is 24.5 Å². The van der Waals surface area contributed by atoms with Gasteiger partial charge in [-0.1, -0.05) is 0 Å². The number of nitrogens with one attached hydrogen (secondary N) is 2. The lowest BCUT2D eigenvalue weighted by Crippen LogP contribution is -1.86. The summed E-state index contributed by atoms with van der Waals surface area (Å²) in [6.07, 6.45) is 4.84. The zero-order valence-electron chi connectivity index (χ0n) is 6.75. The largest absolute Gasteiger partial charge is 0.365 e. The van der Waals surface area contributed by atoms with E-state index in [0.29, 0.717) is 0 Å². The average molecular weight is 157 g/mol. The quantitative estimate of drug-likeness (QED) is 0.620. The zero-order valence-corrected chi connectivity index (χ0v) is 6.75. The first-order valence-corrected chi connectivity index (χ1v) is 3.70. The first-order chi connectivity index (χ1) is 5.45. The number of hydrogen-bond acceptors (Lipinski definition) is 0. The third-order valence-electron chi connectivity index (χ3n) is 1.71. The van der Waals surface area contributed by atoms with Crippen molar-refractivity contribution < 1.29 is 0 Å². The van der Waals surface area contributed by atoms with E-state index < -0.39 is 0 Å². The molecular formula is C9H10BN2. The minimum Gasteiger partial charge on any atom is -0.365 e. The summed E-state index contributed by atoms with van der Waals surface area (Å²) in [5.41, 5.74) is 2.49. The SMILES string of the molecule is [B].c1c[nH]c(Cc2ccc[nH]2)c1. The molecule has 0 bridgehead atoms. The van der Waals surface area contributed by atoms with Gasteiger partial charge < -0.3 is 9.97 Å². The van der Waals surface area contributed by atoms with Gasteiger partial charge >= 0.3 is 0 Å². The molecule has 0 aliphatic heterocycles. The fourth-order valence-electron chi connectivity index (χ4n) is 1.16. The number of hydrogen-bond donors (Lipinski definition) is 2. The van der Waals surface area contributed by atoms with Gasteiger partial charge in [0.2, 0.25) is 0 Å². The van der Waals surface area contributed by atoms with Crippen LogP contribution in [0.1, 0.15) is 11.4 Å². The van der Waals surface area contributed by atoms with Gasteiger partial charge in [-0.25, -0.2) is 0 Å². The Hall–Kier alpha value is -1.38. The molecule has 0 amide bonds. The normalized spacial score (nSPS) is 9.33. The Morgan fingerprint density at radius 1 is 0.917 bits per heavy atom. The van der Waals surface area contributed by atoms with E-state index in [-0.39, 0.29) is 8.41 Å². The molecule has 3 heteroatoms. The molecule has 2 nitrogen and oxygen atoms in total. The summed E-state index contributed by atoms with van der Waals surface area (Å²) < 4.78 is 0. The molecular weight excluding hydrogens is 147 g/mol. The molecule has 2 aromatic heterocycles. The molecule has 59 valence electrons. The van der Waals surface area contributed by atoms with Crippen LogP contribution in [-0.4, -0.2) is 18.4 Å². The molecule has 0 fully saturated rings. The van der Waals surface area contributed by atoms with Crippen LogP contribution < -0.4 is 0 Å². The smallest absolute Gasteiger partial charge is 0.0278 e. The second-order valence-corrected chi connectivity index (χ2v) is 2.57. The van der Waals surface area contributed by atoms with Crippen LogP contribution in [0.3, 0.4) is 0 Å². The number of aromatic amines is 2. The lowest BCUT2D eigenvalue weighted by molar-refractivity contribution is 1.05. The molecule has 0 saturated heterocycles. The molecule has 2 aromatic rings. The topological polar surface area (TPSA) is 31.6 Å². The van der Waals surface area contributed by atoms with Crippen LogP contribution >= 0.6 is 0 Å². The molecule has 2 heterocycles. The van der Waals surface area contributed by atoms with Gasteiger partial charge in [0.1, 0.15) is 0 Å². The van der Waals surface area contributed by atoms with E-state index >= 15 is 0 Å². The summed E-state index contributed by atoms with van der Waals surface area (Å²) in [5.74, 6) is 0. The maximum Gasteiger partial charge on any atom is 0.0278 e. The predicted molar refractivity (Wildman–Crippen MR) is 50.1 cm³/mol. The van der Waals surface area contributed by atoms with Crippen molar-refractivity contribution in [3.63, 3.8) is 0 Å². The molecule has 0 saturated carbocycles. The minimum absolute atomic E-state index is 0. The van der Waals surface area contributed by atoms with Crippen LogP contribution in [0.4, 0.5) is 0 Å². The van der Waals surface area contributed by atoms with Crippen LogP contribution in [0.25, 0.3) is 0 Å². The highest BCUT2D eigenvalue weighted by molar-refractivity contribution is 5.75. The zero-order chi connectivity index (χ0) is 7.52. The van der Waals surface area contributed by atoms with Crippen molar-refractivity contribution in [1.29, 1.82) is 0 Å². The lowest BCUT2D eigenvalue weighted by atomic mass is 10.2. The highest BCUT2D eigenvalue weighted by Gasteiger charge is 1.94. The monoisotopic (exact) mass is 157 g/mol. The maximum atomic E-state index is 3.16. The van der Waals surface area contributed by atoms with Crippen molar-refractivity contribution in [2.45, 2.75) is 6.42 Å². The third kappa shape index (κ3) is 1.81. The maximum absolute atomic E-state index is 3.16. The molecule has 0 atom stereocenters. The summed E-state index contributed by atoms with van der Waals surface area (Å²) in [7, 11) is 0. The fraction of sp³-hybridized carbons (Fsp3) is 0.111. The van der Waals surface area contributed by atoms with E-state index in [2.05, 4.69) is 22.1 Å². The minimum atomic E-state index is 0. The van der Waals surface area contributed by atoms with Gasteiger partial charge in [-0.15, -0.1) is 0 Å². The molecule has 3 radical (unpaired) electrons. The summed E-state index contributed by atoms with van der Waals surface area (Å²) in [6, 6.07) is 8.19. The second-order valence-electron chi connectivity index (χ2n) is 2.57. The third-order valence-corrected chi connectivity index (χ3v) is 1.71. The van der Waals surface area contributed by atoms with Crippen LogP contribution in [0.2, 0.25) is 0 Å². The highest BCUT2D eigenvalue weighted by Crippen LogP contribution is 2.03. The van der Waals surface area contributed by atoms with Gasteiger partial charge in [0, 0.05) is 38.6 Å². The summed E-state index contributed by atoms with van der Waals surface area (Å²) in [4.78, 5) is 6.31. The van der Waals surface area contributed by atoms with E-state index in [0.717, 1.165) is 6.42 Å².